The Morgan fingerprint density at radius 1 is 1.42 bits per heavy atom. The normalized spacial score (nSPS) is 15.6. The van der Waals surface area contributed by atoms with Crippen LogP contribution in [0.25, 0.3) is 0 Å². The molecule has 2 rings (SSSR count). The van der Waals surface area contributed by atoms with Crippen LogP contribution in [0.1, 0.15) is 37.1 Å². The van der Waals surface area contributed by atoms with Gasteiger partial charge in [-0.15, -0.1) is 0 Å². The Hall–Kier alpha value is -0.610. The van der Waals surface area contributed by atoms with Crippen LogP contribution in [0.2, 0.25) is 0 Å². The molecule has 106 valence electrons. The molecule has 0 bridgehead atoms. The highest BCUT2D eigenvalue weighted by molar-refractivity contribution is 9.09. The summed E-state index contributed by atoms with van der Waals surface area (Å²) in [5.41, 5.74) is 2.15. The van der Waals surface area contributed by atoms with Crippen LogP contribution in [0.5, 0.6) is 5.75 Å². The molecule has 3 nitrogen and oxygen atoms in total. The minimum atomic E-state index is 0.757. The number of hydrogen-bond acceptors (Lipinski definition) is 3. The molecule has 0 N–H and O–H groups in total. The van der Waals surface area contributed by atoms with Gasteiger partial charge in [-0.25, -0.2) is 0 Å². The molecule has 1 aromatic rings. The summed E-state index contributed by atoms with van der Waals surface area (Å²) >= 11 is 3.52. The van der Waals surface area contributed by atoms with E-state index in [9.17, 15) is 0 Å². The van der Waals surface area contributed by atoms with Crippen molar-refractivity contribution in [1.82, 2.24) is 9.88 Å². The summed E-state index contributed by atoms with van der Waals surface area (Å²) in [6, 6.07) is 4.80. The fourth-order valence-corrected chi connectivity index (χ4v) is 2.77. The van der Waals surface area contributed by atoms with Crippen molar-refractivity contribution in [3.05, 3.63) is 23.5 Å². The number of nitrogens with zero attached hydrogens (tertiary/aromatic N) is 2. The van der Waals surface area contributed by atoms with Crippen LogP contribution >= 0.6 is 15.9 Å². The van der Waals surface area contributed by atoms with Gasteiger partial charge in [0.25, 0.3) is 0 Å². The molecule has 1 heterocycles. The Bertz CT molecular complexity index is 407. The quantitative estimate of drug-likeness (QED) is 0.716. The van der Waals surface area contributed by atoms with Gasteiger partial charge in [0.1, 0.15) is 5.75 Å². The monoisotopic (exact) mass is 326 g/mol. The molecule has 0 saturated heterocycles. The number of pyridine rings is 1. The van der Waals surface area contributed by atoms with Gasteiger partial charge in [0.05, 0.1) is 12.8 Å². The second-order valence-corrected chi connectivity index (χ2v) is 6.03. The van der Waals surface area contributed by atoms with E-state index in [1.807, 2.05) is 13.0 Å². The Morgan fingerprint density at radius 2 is 2.21 bits per heavy atom. The van der Waals surface area contributed by atoms with E-state index in [-0.39, 0.29) is 0 Å². The van der Waals surface area contributed by atoms with Crippen LogP contribution in [0.3, 0.4) is 0 Å². The molecule has 4 heteroatoms. The first-order chi connectivity index (χ1) is 9.22. The molecule has 1 aliphatic rings. The van der Waals surface area contributed by atoms with Gasteiger partial charge in [-0.05, 0) is 32.7 Å². The zero-order valence-electron chi connectivity index (χ0n) is 11.9. The average Bonchev–Trinajstić information content (AvgIpc) is 2.33. The lowest BCUT2D eigenvalue weighted by atomic mass is 9.91. The molecule has 0 amide bonds. The van der Waals surface area contributed by atoms with Crippen LogP contribution in [-0.2, 0) is 6.54 Å². The van der Waals surface area contributed by atoms with Crippen LogP contribution in [-0.4, -0.2) is 34.9 Å². The van der Waals surface area contributed by atoms with Crippen LogP contribution in [0, 0.1) is 6.92 Å². The zero-order valence-corrected chi connectivity index (χ0v) is 13.4. The van der Waals surface area contributed by atoms with E-state index >= 15 is 0 Å². The molecule has 19 heavy (non-hydrogen) atoms. The van der Waals surface area contributed by atoms with Crippen molar-refractivity contribution >= 4 is 15.9 Å². The predicted molar refractivity (Wildman–Crippen MR) is 82.0 cm³/mol. The van der Waals surface area contributed by atoms with Crippen molar-refractivity contribution in [3.8, 4) is 5.75 Å². The standard InChI is InChI=1S/C15H23BrN2O/c1-12-9-15(19-2)10-13(17-12)11-18(8-4-7-16)14-5-3-6-14/h9-10,14H,3-8,11H2,1-2H3. The largest absolute Gasteiger partial charge is 0.497 e. The summed E-state index contributed by atoms with van der Waals surface area (Å²) < 4.78 is 5.33. The zero-order chi connectivity index (χ0) is 13.7. The van der Waals surface area contributed by atoms with E-state index in [0.29, 0.717) is 0 Å². The SMILES string of the molecule is COc1cc(C)nc(CN(CCCBr)C2CCC2)c1. The minimum absolute atomic E-state index is 0.757. The second kappa shape index (κ2) is 7.25. The van der Waals surface area contributed by atoms with Gasteiger partial charge in [0.2, 0.25) is 0 Å². The lowest BCUT2D eigenvalue weighted by Crippen LogP contribution is -2.40. The molecule has 0 radical (unpaired) electrons. The van der Waals surface area contributed by atoms with Crippen LogP contribution in [0.4, 0.5) is 0 Å². The molecule has 1 fully saturated rings. The van der Waals surface area contributed by atoms with E-state index in [1.54, 1.807) is 7.11 Å². The maximum Gasteiger partial charge on any atom is 0.122 e. The summed E-state index contributed by atoms with van der Waals surface area (Å²) in [5, 5.41) is 1.07. The van der Waals surface area contributed by atoms with E-state index in [2.05, 4.69) is 31.9 Å². The molecule has 1 aliphatic carbocycles. The van der Waals surface area contributed by atoms with Crippen LogP contribution < -0.4 is 4.74 Å². The van der Waals surface area contributed by atoms with Crippen molar-refractivity contribution in [2.45, 2.75) is 45.2 Å². The van der Waals surface area contributed by atoms with Gasteiger partial charge in [0, 0.05) is 35.7 Å². The Labute approximate surface area is 124 Å². The number of aromatic nitrogens is 1. The molecule has 0 aromatic carbocycles. The fraction of sp³-hybridized carbons (Fsp3) is 0.667. The number of hydrogen-bond donors (Lipinski definition) is 0. The third kappa shape index (κ3) is 4.18. The lowest BCUT2D eigenvalue weighted by Gasteiger charge is -2.37. The number of ether oxygens (including phenoxy) is 1. The van der Waals surface area contributed by atoms with Gasteiger partial charge in [-0.1, -0.05) is 22.4 Å². The Kier molecular flexibility index (Phi) is 5.64. The number of methoxy groups -OCH3 is 1. The number of alkyl halides is 1. The predicted octanol–water partition coefficient (Wildman–Crippen LogP) is 3.54. The third-order valence-corrected chi connectivity index (χ3v) is 4.31. The van der Waals surface area contributed by atoms with Crippen molar-refractivity contribution in [3.63, 3.8) is 0 Å². The van der Waals surface area contributed by atoms with E-state index in [1.165, 1.54) is 25.7 Å². The molecule has 0 aliphatic heterocycles. The lowest BCUT2D eigenvalue weighted by molar-refractivity contribution is 0.118. The molecule has 0 unspecified atom stereocenters. The Balaban J connectivity index is 2.04. The molecular formula is C15H23BrN2O. The minimum Gasteiger partial charge on any atom is -0.497 e. The first-order valence-electron chi connectivity index (χ1n) is 7.04. The highest BCUT2D eigenvalue weighted by Gasteiger charge is 2.24. The smallest absolute Gasteiger partial charge is 0.122 e. The number of halogens is 1. The fourth-order valence-electron chi connectivity index (χ4n) is 2.52. The van der Waals surface area contributed by atoms with E-state index in [4.69, 9.17) is 4.74 Å². The summed E-state index contributed by atoms with van der Waals surface area (Å²) in [6.07, 6.45) is 5.25. The first kappa shape index (κ1) is 14.8. The highest BCUT2D eigenvalue weighted by Crippen LogP contribution is 2.27. The summed E-state index contributed by atoms with van der Waals surface area (Å²) in [6.45, 7) is 4.11. The molecule has 1 saturated carbocycles. The molecule has 0 atom stereocenters. The maximum absolute atomic E-state index is 5.33. The van der Waals surface area contributed by atoms with Gasteiger partial charge in [0.15, 0.2) is 0 Å². The van der Waals surface area contributed by atoms with Crippen molar-refractivity contribution in [1.29, 1.82) is 0 Å². The average molecular weight is 327 g/mol. The van der Waals surface area contributed by atoms with Gasteiger partial charge >= 0.3 is 0 Å². The van der Waals surface area contributed by atoms with E-state index in [0.717, 1.165) is 41.6 Å². The summed E-state index contributed by atoms with van der Waals surface area (Å²) in [4.78, 5) is 7.21. The van der Waals surface area contributed by atoms with Crippen molar-refractivity contribution < 1.29 is 4.74 Å². The van der Waals surface area contributed by atoms with Gasteiger partial charge in [-0.3, -0.25) is 9.88 Å². The van der Waals surface area contributed by atoms with Crippen molar-refractivity contribution in [2.75, 3.05) is 19.0 Å². The first-order valence-corrected chi connectivity index (χ1v) is 8.16. The van der Waals surface area contributed by atoms with Gasteiger partial charge < -0.3 is 4.74 Å². The van der Waals surface area contributed by atoms with E-state index < -0.39 is 0 Å². The second-order valence-electron chi connectivity index (χ2n) is 5.24. The summed E-state index contributed by atoms with van der Waals surface area (Å²) in [7, 11) is 1.72. The van der Waals surface area contributed by atoms with Crippen molar-refractivity contribution in [2.24, 2.45) is 0 Å². The molecule has 1 aromatic heterocycles. The highest BCUT2D eigenvalue weighted by atomic mass is 79.9. The number of aryl methyl sites for hydroxylation is 1. The van der Waals surface area contributed by atoms with Crippen LogP contribution in [0.15, 0.2) is 12.1 Å². The topological polar surface area (TPSA) is 25.4 Å². The molecule has 0 spiro atoms. The third-order valence-electron chi connectivity index (χ3n) is 3.75. The number of rotatable bonds is 7. The maximum atomic E-state index is 5.33. The Morgan fingerprint density at radius 3 is 2.79 bits per heavy atom. The molecular weight excluding hydrogens is 304 g/mol. The summed E-state index contributed by atoms with van der Waals surface area (Å²) in [5.74, 6) is 0.913. The van der Waals surface area contributed by atoms with Gasteiger partial charge in [-0.2, -0.15) is 0 Å².